The second kappa shape index (κ2) is 4.82. The lowest BCUT2D eigenvalue weighted by atomic mass is 10.2. The smallest absolute Gasteiger partial charge is 0.191 e. The molecule has 0 saturated heterocycles. The zero-order chi connectivity index (χ0) is 12.5. The van der Waals surface area contributed by atoms with E-state index in [9.17, 15) is 0 Å². The highest BCUT2D eigenvalue weighted by atomic mass is 16.5. The summed E-state index contributed by atoms with van der Waals surface area (Å²) in [6.45, 7) is 2.09. The number of aliphatic imine (C=N–C) groups is 1. The number of nitrogens with one attached hydrogen (secondary N) is 2. The number of rotatable bonds is 3. The largest absolute Gasteiger partial charge is 0.376 e. The first-order chi connectivity index (χ1) is 8.09. The van der Waals surface area contributed by atoms with Crippen LogP contribution in [0.4, 0.5) is 0 Å². The van der Waals surface area contributed by atoms with Crippen LogP contribution < -0.4 is 16.4 Å². The molecule has 17 heavy (non-hydrogen) atoms. The molecule has 0 aliphatic heterocycles. The van der Waals surface area contributed by atoms with E-state index in [4.69, 9.17) is 10.5 Å². The molecule has 2 aliphatic carbocycles. The zero-order valence-electron chi connectivity index (χ0n) is 11.0. The molecular formula is C12H24N4O. The van der Waals surface area contributed by atoms with Gasteiger partial charge < -0.3 is 21.1 Å². The van der Waals surface area contributed by atoms with Crippen LogP contribution in [0.15, 0.2) is 4.99 Å². The Balaban J connectivity index is 1.91. The molecule has 0 aromatic rings. The van der Waals surface area contributed by atoms with Crippen molar-refractivity contribution in [1.82, 2.24) is 10.6 Å². The van der Waals surface area contributed by atoms with E-state index in [2.05, 4.69) is 22.5 Å². The van der Waals surface area contributed by atoms with E-state index < -0.39 is 0 Å². The van der Waals surface area contributed by atoms with Gasteiger partial charge in [-0.05, 0) is 26.2 Å². The second-order valence-electron chi connectivity index (χ2n) is 5.31. The first kappa shape index (κ1) is 12.6. The Morgan fingerprint density at radius 2 is 2.24 bits per heavy atom. The van der Waals surface area contributed by atoms with Crippen LogP contribution in [0.2, 0.25) is 0 Å². The molecule has 0 heterocycles. The van der Waals surface area contributed by atoms with E-state index >= 15 is 0 Å². The highest BCUT2D eigenvalue weighted by Gasteiger charge is 2.51. The molecule has 2 aliphatic rings. The van der Waals surface area contributed by atoms with Crippen LogP contribution in [0.5, 0.6) is 0 Å². The second-order valence-corrected chi connectivity index (χ2v) is 5.31. The van der Waals surface area contributed by atoms with Crippen molar-refractivity contribution in [2.45, 2.75) is 56.3 Å². The molecule has 98 valence electrons. The van der Waals surface area contributed by atoms with Crippen molar-refractivity contribution in [2.75, 3.05) is 14.2 Å². The van der Waals surface area contributed by atoms with E-state index in [0.29, 0.717) is 6.04 Å². The maximum atomic E-state index is 6.04. The highest BCUT2D eigenvalue weighted by Crippen LogP contribution is 2.41. The van der Waals surface area contributed by atoms with Crippen molar-refractivity contribution < 1.29 is 4.74 Å². The van der Waals surface area contributed by atoms with Crippen LogP contribution in [0.3, 0.4) is 0 Å². The van der Waals surface area contributed by atoms with Crippen molar-refractivity contribution in [3.05, 3.63) is 0 Å². The van der Waals surface area contributed by atoms with Gasteiger partial charge in [-0.2, -0.15) is 0 Å². The topological polar surface area (TPSA) is 71.7 Å². The predicted molar refractivity (Wildman–Crippen MR) is 69.1 cm³/mol. The number of nitrogens with two attached hydrogens (primary N) is 1. The van der Waals surface area contributed by atoms with Gasteiger partial charge in [0.25, 0.3) is 0 Å². The Morgan fingerprint density at radius 1 is 1.47 bits per heavy atom. The SMILES string of the molecule is CNC(=NC1CC1(C)OC)NC1CCC[C@@H]1N. The van der Waals surface area contributed by atoms with E-state index in [-0.39, 0.29) is 17.7 Å². The summed E-state index contributed by atoms with van der Waals surface area (Å²) in [6.07, 6.45) is 4.43. The fraction of sp³-hybridized carbons (Fsp3) is 0.917. The average molecular weight is 240 g/mol. The molecule has 3 unspecified atom stereocenters. The third-order valence-corrected chi connectivity index (χ3v) is 4.02. The number of ether oxygens (including phenoxy) is 1. The summed E-state index contributed by atoms with van der Waals surface area (Å²) in [5, 5.41) is 6.52. The minimum atomic E-state index is -0.0679. The minimum Gasteiger partial charge on any atom is -0.376 e. The number of hydrogen-bond donors (Lipinski definition) is 3. The van der Waals surface area contributed by atoms with Crippen LogP contribution >= 0.6 is 0 Å². The van der Waals surface area contributed by atoms with Crippen molar-refractivity contribution in [1.29, 1.82) is 0 Å². The van der Waals surface area contributed by atoms with Gasteiger partial charge in [-0.15, -0.1) is 0 Å². The first-order valence-electron chi connectivity index (χ1n) is 6.42. The number of hydrogen-bond acceptors (Lipinski definition) is 3. The summed E-state index contributed by atoms with van der Waals surface area (Å²) in [4.78, 5) is 4.64. The molecule has 0 spiro atoms. The third-order valence-electron chi connectivity index (χ3n) is 4.02. The summed E-state index contributed by atoms with van der Waals surface area (Å²) in [5.41, 5.74) is 5.97. The quantitative estimate of drug-likeness (QED) is 0.487. The summed E-state index contributed by atoms with van der Waals surface area (Å²) in [6, 6.07) is 0.871. The normalized spacial score (nSPS) is 41.4. The number of methoxy groups -OCH3 is 1. The van der Waals surface area contributed by atoms with Crippen molar-refractivity contribution >= 4 is 5.96 Å². The van der Waals surface area contributed by atoms with Gasteiger partial charge in [-0.3, -0.25) is 0 Å². The molecule has 2 fully saturated rings. The van der Waals surface area contributed by atoms with Gasteiger partial charge in [-0.25, -0.2) is 4.99 Å². The molecule has 0 amide bonds. The van der Waals surface area contributed by atoms with E-state index in [1.165, 1.54) is 6.42 Å². The Morgan fingerprint density at radius 3 is 2.71 bits per heavy atom. The van der Waals surface area contributed by atoms with Crippen LogP contribution in [0.25, 0.3) is 0 Å². The molecule has 5 nitrogen and oxygen atoms in total. The Kier molecular flexibility index (Phi) is 3.58. The van der Waals surface area contributed by atoms with Crippen LogP contribution in [-0.2, 0) is 4.74 Å². The molecule has 0 radical (unpaired) electrons. The number of guanidine groups is 1. The van der Waals surface area contributed by atoms with Crippen molar-refractivity contribution in [3.8, 4) is 0 Å². The lowest BCUT2D eigenvalue weighted by Gasteiger charge is -2.20. The molecule has 5 heteroatoms. The molecule has 4 atom stereocenters. The maximum absolute atomic E-state index is 6.04. The Bertz CT molecular complexity index is 307. The molecule has 2 rings (SSSR count). The maximum Gasteiger partial charge on any atom is 0.191 e. The molecular weight excluding hydrogens is 216 g/mol. The fourth-order valence-electron chi connectivity index (χ4n) is 2.40. The summed E-state index contributed by atoms with van der Waals surface area (Å²) in [5.74, 6) is 0.845. The molecule has 2 saturated carbocycles. The number of nitrogens with zero attached hydrogens (tertiary/aromatic N) is 1. The molecule has 0 bridgehead atoms. The van der Waals surface area contributed by atoms with E-state index in [0.717, 1.165) is 25.2 Å². The van der Waals surface area contributed by atoms with Gasteiger partial charge in [-0.1, -0.05) is 0 Å². The summed E-state index contributed by atoms with van der Waals surface area (Å²) >= 11 is 0. The van der Waals surface area contributed by atoms with Crippen molar-refractivity contribution in [3.63, 3.8) is 0 Å². The van der Waals surface area contributed by atoms with Crippen LogP contribution in [-0.4, -0.2) is 43.8 Å². The summed E-state index contributed by atoms with van der Waals surface area (Å²) < 4.78 is 5.41. The van der Waals surface area contributed by atoms with Crippen LogP contribution in [0.1, 0.15) is 32.6 Å². The van der Waals surface area contributed by atoms with Crippen LogP contribution in [0, 0.1) is 0 Å². The predicted octanol–water partition coefficient (Wildman–Crippen LogP) is 0.209. The van der Waals surface area contributed by atoms with Gasteiger partial charge in [0.1, 0.15) is 0 Å². The highest BCUT2D eigenvalue weighted by molar-refractivity contribution is 5.80. The van der Waals surface area contributed by atoms with E-state index in [1.807, 2.05) is 7.05 Å². The molecule has 0 aromatic heterocycles. The monoisotopic (exact) mass is 240 g/mol. The third kappa shape index (κ3) is 2.72. The molecule has 4 N–H and O–H groups in total. The van der Waals surface area contributed by atoms with Gasteiger partial charge >= 0.3 is 0 Å². The average Bonchev–Trinajstić information content (AvgIpc) is 2.79. The zero-order valence-corrected chi connectivity index (χ0v) is 11.0. The summed E-state index contributed by atoms with van der Waals surface area (Å²) in [7, 11) is 3.63. The minimum absolute atomic E-state index is 0.0679. The Hall–Kier alpha value is -0.810. The Labute approximate surface area is 103 Å². The van der Waals surface area contributed by atoms with Crippen molar-refractivity contribution in [2.24, 2.45) is 10.7 Å². The van der Waals surface area contributed by atoms with Gasteiger partial charge in [0.05, 0.1) is 11.6 Å². The van der Waals surface area contributed by atoms with E-state index in [1.54, 1.807) is 7.11 Å². The lowest BCUT2D eigenvalue weighted by Crippen LogP contribution is -2.48. The van der Waals surface area contributed by atoms with Gasteiger partial charge in [0, 0.05) is 32.7 Å². The van der Waals surface area contributed by atoms with Gasteiger partial charge in [0.15, 0.2) is 5.96 Å². The lowest BCUT2D eigenvalue weighted by molar-refractivity contribution is 0.0918. The van der Waals surface area contributed by atoms with Gasteiger partial charge in [0.2, 0.25) is 0 Å². The molecule has 0 aromatic carbocycles. The fourth-order valence-corrected chi connectivity index (χ4v) is 2.40. The first-order valence-corrected chi connectivity index (χ1v) is 6.42. The standard InChI is InChI=1S/C12H24N4O/c1-12(17-3)7-10(12)16-11(14-2)15-9-6-4-5-8(9)13/h8-10H,4-7,13H2,1-3H3,(H2,14,15,16)/t8-,9?,10?,12?/m0/s1.